The number of carbonyl (C=O) groups is 1. The first kappa shape index (κ1) is 23.1. The Balaban J connectivity index is 1.78. The standard InChI is InChI=1S/C22H31ClN4O2S/c1-16(21(28)26(2)17-10-5-4-6-11-17)30-22-25-24-20(27(22)14-9-15-29-3)18-12-7-8-13-19(18)23/h7-8,12-13,16-17H,4-6,9-11,14-15H2,1-3H3. The van der Waals surface area contributed by atoms with Crippen molar-refractivity contribution in [1.29, 1.82) is 0 Å². The molecule has 1 aliphatic rings. The predicted octanol–water partition coefficient (Wildman–Crippen LogP) is 4.91. The Kier molecular flexibility index (Phi) is 8.60. The number of halogens is 1. The topological polar surface area (TPSA) is 60.2 Å². The number of hydrogen-bond donors (Lipinski definition) is 0. The van der Waals surface area contributed by atoms with Gasteiger partial charge in [-0.15, -0.1) is 10.2 Å². The molecule has 1 aliphatic carbocycles. The van der Waals surface area contributed by atoms with Gasteiger partial charge in [0.1, 0.15) is 0 Å². The molecule has 0 saturated heterocycles. The van der Waals surface area contributed by atoms with Crippen molar-refractivity contribution < 1.29 is 9.53 Å². The number of carbonyl (C=O) groups excluding carboxylic acids is 1. The van der Waals surface area contributed by atoms with Crippen LogP contribution in [0.25, 0.3) is 11.4 Å². The number of thioether (sulfide) groups is 1. The lowest BCUT2D eigenvalue weighted by Gasteiger charge is -2.32. The lowest BCUT2D eigenvalue weighted by Crippen LogP contribution is -2.42. The maximum atomic E-state index is 13.1. The van der Waals surface area contributed by atoms with Crippen molar-refractivity contribution in [3.8, 4) is 11.4 Å². The molecule has 1 heterocycles. The van der Waals surface area contributed by atoms with Gasteiger partial charge in [0, 0.05) is 38.9 Å². The highest BCUT2D eigenvalue weighted by Crippen LogP contribution is 2.32. The zero-order valence-electron chi connectivity index (χ0n) is 18.0. The Morgan fingerprint density at radius 1 is 1.30 bits per heavy atom. The molecule has 0 N–H and O–H groups in total. The molecular weight excluding hydrogens is 420 g/mol. The molecule has 0 bridgehead atoms. The summed E-state index contributed by atoms with van der Waals surface area (Å²) in [6, 6.07) is 7.98. The molecule has 0 aliphatic heterocycles. The Hall–Kier alpha value is -1.57. The molecule has 1 atom stereocenters. The van der Waals surface area contributed by atoms with Gasteiger partial charge in [-0.3, -0.25) is 4.79 Å². The molecule has 8 heteroatoms. The first-order valence-corrected chi connectivity index (χ1v) is 11.9. The first-order chi connectivity index (χ1) is 14.5. The zero-order chi connectivity index (χ0) is 21.5. The van der Waals surface area contributed by atoms with Crippen molar-refractivity contribution in [3.05, 3.63) is 29.3 Å². The van der Waals surface area contributed by atoms with Gasteiger partial charge in [-0.2, -0.15) is 0 Å². The molecule has 0 spiro atoms. The molecule has 1 aromatic heterocycles. The first-order valence-electron chi connectivity index (χ1n) is 10.6. The van der Waals surface area contributed by atoms with E-state index in [1.807, 2.05) is 43.1 Å². The fraction of sp³-hybridized carbons (Fsp3) is 0.591. The summed E-state index contributed by atoms with van der Waals surface area (Å²) in [5.74, 6) is 0.872. The molecule has 30 heavy (non-hydrogen) atoms. The molecule has 164 valence electrons. The van der Waals surface area contributed by atoms with Crippen LogP contribution in [0.2, 0.25) is 5.02 Å². The van der Waals surface area contributed by atoms with E-state index < -0.39 is 0 Å². The van der Waals surface area contributed by atoms with Gasteiger partial charge in [-0.05, 0) is 38.3 Å². The van der Waals surface area contributed by atoms with Crippen LogP contribution in [0.4, 0.5) is 0 Å². The number of ether oxygens (including phenoxy) is 1. The lowest BCUT2D eigenvalue weighted by atomic mass is 9.94. The summed E-state index contributed by atoms with van der Waals surface area (Å²) in [5.41, 5.74) is 0.842. The monoisotopic (exact) mass is 450 g/mol. The summed E-state index contributed by atoms with van der Waals surface area (Å²) in [5, 5.41) is 9.96. The zero-order valence-corrected chi connectivity index (χ0v) is 19.6. The van der Waals surface area contributed by atoms with Crippen LogP contribution in [0.1, 0.15) is 45.4 Å². The third kappa shape index (κ3) is 5.56. The van der Waals surface area contributed by atoms with Crippen molar-refractivity contribution in [1.82, 2.24) is 19.7 Å². The van der Waals surface area contributed by atoms with E-state index in [4.69, 9.17) is 16.3 Å². The Bertz CT molecular complexity index is 838. The number of methoxy groups -OCH3 is 1. The number of aromatic nitrogens is 3. The predicted molar refractivity (Wildman–Crippen MR) is 122 cm³/mol. The second-order valence-electron chi connectivity index (χ2n) is 7.79. The van der Waals surface area contributed by atoms with Gasteiger partial charge >= 0.3 is 0 Å². The second-order valence-corrected chi connectivity index (χ2v) is 9.50. The van der Waals surface area contributed by atoms with E-state index in [0.717, 1.165) is 35.8 Å². The highest BCUT2D eigenvalue weighted by Gasteiger charge is 2.28. The van der Waals surface area contributed by atoms with Gasteiger partial charge in [0.15, 0.2) is 11.0 Å². The Morgan fingerprint density at radius 2 is 2.03 bits per heavy atom. The summed E-state index contributed by atoms with van der Waals surface area (Å²) in [4.78, 5) is 15.0. The third-order valence-corrected chi connectivity index (χ3v) is 7.06. The molecule has 6 nitrogen and oxygen atoms in total. The van der Waals surface area contributed by atoms with Gasteiger partial charge in [-0.25, -0.2) is 0 Å². The van der Waals surface area contributed by atoms with Crippen LogP contribution < -0.4 is 0 Å². The van der Waals surface area contributed by atoms with Crippen LogP contribution in [-0.2, 0) is 16.1 Å². The molecule has 1 fully saturated rings. The van der Waals surface area contributed by atoms with E-state index in [1.165, 1.54) is 31.0 Å². The quantitative estimate of drug-likeness (QED) is 0.401. The molecule has 2 aromatic rings. The van der Waals surface area contributed by atoms with Crippen LogP contribution in [-0.4, -0.2) is 57.6 Å². The molecule has 1 saturated carbocycles. The lowest BCUT2D eigenvalue weighted by molar-refractivity contribution is -0.131. The average molecular weight is 451 g/mol. The minimum Gasteiger partial charge on any atom is -0.385 e. The van der Waals surface area contributed by atoms with Crippen molar-refractivity contribution >= 4 is 29.3 Å². The van der Waals surface area contributed by atoms with Gasteiger partial charge in [0.25, 0.3) is 0 Å². The minimum atomic E-state index is -0.235. The number of hydrogen-bond acceptors (Lipinski definition) is 5. The van der Waals surface area contributed by atoms with Crippen molar-refractivity contribution in [2.75, 3.05) is 20.8 Å². The van der Waals surface area contributed by atoms with Gasteiger partial charge < -0.3 is 14.2 Å². The van der Waals surface area contributed by atoms with Crippen molar-refractivity contribution in [2.45, 2.75) is 68.4 Å². The van der Waals surface area contributed by atoms with Gasteiger partial charge in [-0.1, -0.05) is 54.8 Å². The Morgan fingerprint density at radius 3 is 2.73 bits per heavy atom. The number of nitrogens with zero attached hydrogens (tertiary/aromatic N) is 4. The number of rotatable bonds is 9. The SMILES string of the molecule is COCCCn1c(SC(C)C(=O)N(C)C2CCCCC2)nnc1-c1ccccc1Cl. The number of amides is 1. The van der Waals surface area contributed by atoms with Crippen LogP contribution >= 0.6 is 23.4 Å². The molecule has 1 aromatic carbocycles. The van der Waals surface area contributed by atoms with Gasteiger partial charge in [0.2, 0.25) is 5.91 Å². The molecule has 1 unspecified atom stereocenters. The maximum Gasteiger partial charge on any atom is 0.235 e. The van der Waals surface area contributed by atoms with E-state index in [-0.39, 0.29) is 11.2 Å². The fourth-order valence-corrected chi connectivity index (χ4v) is 5.13. The smallest absolute Gasteiger partial charge is 0.235 e. The molecule has 0 radical (unpaired) electrons. The van der Waals surface area contributed by atoms with E-state index in [2.05, 4.69) is 14.8 Å². The Labute approximate surface area is 188 Å². The average Bonchev–Trinajstić information content (AvgIpc) is 3.16. The number of benzene rings is 1. The van der Waals surface area contributed by atoms with Crippen LogP contribution in [0, 0.1) is 0 Å². The summed E-state index contributed by atoms with van der Waals surface area (Å²) < 4.78 is 7.27. The maximum absolute atomic E-state index is 13.1. The third-order valence-electron chi connectivity index (χ3n) is 5.66. The summed E-state index contributed by atoms with van der Waals surface area (Å²) in [6.07, 6.45) is 6.71. The summed E-state index contributed by atoms with van der Waals surface area (Å²) in [7, 11) is 3.63. The summed E-state index contributed by atoms with van der Waals surface area (Å²) in [6.45, 7) is 3.29. The van der Waals surface area contributed by atoms with E-state index in [9.17, 15) is 4.79 Å². The highest BCUT2D eigenvalue weighted by atomic mass is 35.5. The molecular formula is C22H31ClN4O2S. The van der Waals surface area contributed by atoms with Crippen LogP contribution in [0.3, 0.4) is 0 Å². The summed E-state index contributed by atoms with van der Waals surface area (Å²) >= 11 is 7.88. The molecule has 1 amide bonds. The minimum absolute atomic E-state index is 0.151. The largest absolute Gasteiger partial charge is 0.385 e. The highest BCUT2D eigenvalue weighted by molar-refractivity contribution is 8.00. The van der Waals surface area contributed by atoms with Gasteiger partial charge in [0.05, 0.1) is 10.3 Å². The van der Waals surface area contributed by atoms with E-state index in [0.29, 0.717) is 24.2 Å². The molecule has 3 rings (SSSR count). The second kappa shape index (κ2) is 11.2. The fourth-order valence-electron chi connectivity index (χ4n) is 3.93. The van der Waals surface area contributed by atoms with Crippen LogP contribution in [0.15, 0.2) is 29.4 Å². The van der Waals surface area contributed by atoms with Crippen LogP contribution in [0.5, 0.6) is 0 Å². The van der Waals surface area contributed by atoms with E-state index in [1.54, 1.807) is 7.11 Å². The van der Waals surface area contributed by atoms with Crippen molar-refractivity contribution in [2.24, 2.45) is 0 Å². The van der Waals surface area contributed by atoms with E-state index >= 15 is 0 Å². The normalized spacial score (nSPS) is 15.9. The van der Waals surface area contributed by atoms with Crippen molar-refractivity contribution in [3.63, 3.8) is 0 Å².